The molecule has 2 heterocycles. The average molecular weight is 454 g/mol. The first kappa shape index (κ1) is 20.9. The summed E-state index contributed by atoms with van der Waals surface area (Å²) >= 11 is 7.68. The number of hydrogen-bond donors (Lipinski definition) is 1. The minimum Gasteiger partial charge on any atom is -0.490 e. The first-order chi connectivity index (χ1) is 15.2. The first-order valence-corrected chi connectivity index (χ1v) is 12.4. The lowest BCUT2D eigenvalue weighted by molar-refractivity contribution is 0.138. The molecule has 1 atom stereocenters. The summed E-state index contributed by atoms with van der Waals surface area (Å²) < 4.78 is 13.5. The predicted molar refractivity (Wildman–Crippen MR) is 127 cm³/mol. The summed E-state index contributed by atoms with van der Waals surface area (Å²) in [4.78, 5) is 1.30. The Bertz CT molecular complexity index is 998. The zero-order chi connectivity index (χ0) is 21.0. The van der Waals surface area contributed by atoms with Gasteiger partial charge in [0, 0.05) is 17.5 Å². The van der Waals surface area contributed by atoms with E-state index in [1.807, 2.05) is 12.1 Å². The van der Waals surface area contributed by atoms with Crippen molar-refractivity contribution in [2.45, 2.75) is 63.3 Å². The molecule has 0 spiro atoms. The van der Waals surface area contributed by atoms with Gasteiger partial charge in [0.1, 0.15) is 17.6 Å². The van der Waals surface area contributed by atoms with Crippen LogP contribution in [-0.2, 0) is 13.0 Å². The van der Waals surface area contributed by atoms with E-state index in [1.165, 1.54) is 16.0 Å². The van der Waals surface area contributed by atoms with Gasteiger partial charge in [-0.3, -0.25) is 0 Å². The van der Waals surface area contributed by atoms with Crippen molar-refractivity contribution >= 4 is 22.9 Å². The van der Waals surface area contributed by atoms with Gasteiger partial charge >= 0.3 is 0 Å². The number of benzene rings is 2. The molecule has 2 aliphatic rings. The normalized spacial score (nSPS) is 23.1. The minimum absolute atomic E-state index is 0.147. The molecule has 1 aliphatic carbocycles. The van der Waals surface area contributed by atoms with Crippen LogP contribution in [0.15, 0.2) is 60.7 Å². The van der Waals surface area contributed by atoms with E-state index in [-0.39, 0.29) is 6.10 Å². The molecule has 1 unspecified atom stereocenters. The minimum atomic E-state index is 0.147. The quantitative estimate of drug-likeness (QED) is 0.438. The second-order valence-corrected chi connectivity index (χ2v) is 10.3. The van der Waals surface area contributed by atoms with Crippen molar-refractivity contribution in [2.75, 3.05) is 0 Å². The van der Waals surface area contributed by atoms with Gasteiger partial charge in [0.05, 0.1) is 10.4 Å². The van der Waals surface area contributed by atoms with E-state index in [2.05, 4.69) is 53.8 Å². The van der Waals surface area contributed by atoms with E-state index in [0.29, 0.717) is 12.1 Å². The number of rotatable bonds is 6. The molecule has 0 saturated heterocycles. The van der Waals surface area contributed by atoms with Crippen molar-refractivity contribution in [1.29, 1.82) is 0 Å². The van der Waals surface area contributed by atoms with Crippen LogP contribution in [0.4, 0.5) is 0 Å². The van der Waals surface area contributed by atoms with Gasteiger partial charge < -0.3 is 14.8 Å². The molecule has 1 aliphatic heterocycles. The molecular weight excluding hydrogens is 426 g/mol. The topological polar surface area (TPSA) is 30.5 Å². The van der Waals surface area contributed by atoms with Crippen LogP contribution in [0.25, 0.3) is 0 Å². The summed E-state index contributed by atoms with van der Waals surface area (Å²) in [6.07, 6.45) is 6.95. The van der Waals surface area contributed by atoms with Gasteiger partial charge in [-0.25, -0.2) is 0 Å². The van der Waals surface area contributed by atoms with Crippen molar-refractivity contribution in [3.8, 4) is 11.5 Å². The number of aryl methyl sites for hydroxylation is 1. The second-order valence-electron chi connectivity index (χ2n) is 8.50. The largest absolute Gasteiger partial charge is 0.490 e. The number of thiophene rings is 1. The lowest BCUT2D eigenvalue weighted by atomic mass is 9.92. The molecule has 162 valence electrons. The Kier molecular flexibility index (Phi) is 6.49. The maximum absolute atomic E-state index is 6.35. The van der Waals surface area contributed by atoms with Crippen LogP contribution in [0, 0.1) is 0 Å². The number of ether oxygens (including phenoxy) is 2. The molecule has 31 heavy (non-hydrogen) atoms. The van der Waals surface area contributed by atoms with Gasteiger partial charge in [-0.05, 0) is 80.0 Å². The van der Waals surface area contributed by atoms with E-state index in [1.54, 1.807) is 11.3 Å². The molecule has 5 heteroatoms. The summed E-state index contributed by atoms with van der Waals surface area (Å²) in [5.74, 6) is 1.97. The van der Waals surface area contributed by atoms with Crippen molar-refractivity contribution in [1.82, 2.24) is 5.32 Å². The number of fused-ring (bicyclic) bond motifs is 1. The van der Waals surface area contributed by atoms with E-state index in [4.69, 9.17) is 21.1 Å². The second kappa shape index (κ2) is 9.64. The Hall–Kier alpha value is -2.01. The third-order valence-electron chi connectivity index (χ3n) is 6.32. The van der Waals surface area contributed by atoms with Gasteiger partial charge in [0.25, 0.3) is 0 Å². The Morgan fingerprint density at radius 1 is 0.968 bits per heavy atom. The van der Waals surface area contributed by atoms with Crippen molar-refractivity contribution in [3.05, 3.63) is 81.0 Å². The van der Waals surface area contributed by atoms with Crippen molar-refractivity contribution < 1.29 is 9.47 Å². The van der Waals surface area contributed by atoms with Gasteiger partial charge in [0.15, 0.2) is 0 Å². The predicted octanol–water partition coefficient (Wildman–Crippen LogP) is 6.95. The van der Waals surface area contributed by atoms with Crippen molar-refractivity contribution in [2.24, 2.45) is 0 Å². The van der Waals surface area contributed by atoms with E-state index >= 15 is 0 Å². The van der Waals surface area contributed by atoms with Crippen LogP contribution in [0.1, 0.15) is 54.2 Å². The fourth-order valence-electron chi connectivity index (χ4n) is 4.61. The molecule has 0 amide bonds. The maximum atomic E-state index is 6.35. The number of hydrogen-bond acceptors (Lipinski definition) is 4. The molecule has 2 aromatic carbocycles. The van der Waals surface area contributed by atoms with Crippen LogP contribution in [0.3, 0.4) is 0 Å². The highest BCUT2D eigenvalue weighted by Crippen LogP contribution is 2.37. The summed E-state index contributed by atoms with van der Waals surface area (Å²) in [6, 6.07) is 21.5. The van der Waals surface area contributed by atoms with Gasteiger partial charge in [-0.2, -0.15) is 0 Å². The Labute approximate surface area is 193 Å². The van der Waals surface area contributed by atoms with Crippen LogP contribution < -0.4 is 14.8 Å². The molecule has 5 rings (SSSR count). The monoisotopic (exact) mass is 453 g/mol. The van der Waals surface area contributed by atoms with E-state index < -0.39 is 0 Å². The Balaban J connectivity index is 1.12. The molecule has 3 nitrogen and oxygen atoms in total. The molecular formula is C26H28ClNO2S. The Morgan fingerprint density at radius 2 is 1.81 bits per heavy atom. The van der Waals surface area contributed by atoms with Gasteiger partial charge in [-0.15, -0.1) is 11.3 Å². The van der Waals surface area contributed by atoms with E-state index in [9.17, 15) is 0 Å². The van der Waals surface area contributed by atoms with Crippen LogP contribution in [0.2, 0.25) is 4.34 Å². The smallest absolute Gasteiger partial charge is 0.124 e. The highest BCUT2D eigenvalue weighted by molar-refractivity contribution is 7.16. The van der Waals surface area contributed by atoms with Crippen LogP contribution >= 0.6 is 22.9 Å². The molecule has 0 radical (unpaired) electrons. The van der Waals surface area contributed by atoms with Crippen molar-refractivity contribution in [3.63, 3.8) is 0 Å². The highest BCUT2D eigenvalue weighted by Gasteiger charge is 2.24. The third kappa shape index (κ3) is 5.25. The van der Waals surface area contributed by atoms with Gasteiger partial charge in [-0.1, -0.05) is 41.9 Å². The average Bonchev–Trinajstić information content (AvgIpc) is 3.24. The molecule has 1 aromatic heterocycles. The third-order valence-corrected chi connectivity index (χ3v) is 7.55. The summed E-state index contributed by atoms with van der Waals surface area (Å²) in [5.41, 5.74) is 2.51. The molecule has 3 aromatic rings. The lowest BCUT2D eigenvalue weighted by Crippen LogP contribution is -2.35. The maximum Gasteiger partial charge on any atom is 0.124 e. The number of halogens is 1. The highest BCUT2D eigenvalue weighted by atomic mass is 35.5. The SMILES string of the molecule is Clc1ccc(CN[C@H]2CC[C@H](Oc3ccc4c(c3)CCC(c3ccccc3)O4)CC2)s1. The molecule has 1 fully saturated rings. The van der Waals surface area contributed by atoms with Gasteiger partial charge in [0.2, 0.25) is 0 Å². The first-order valence-electron chi connectivity index (χ1n) is 11.2. The lowest BCUT2D eigenvalue weighted by Gasteiger charge is -2.30. The Morgan fingerprint density at radius 3 is 2.58 bits per heavy atom. The van der Waals surface area contributed by atoms with E-state index in [0.717, 1.165) is 60.9 Å². The summed E-state index contributed by atoms with van der Waals surface area (Å²) in [6.45, 7) is 0.905. The zero-order valence-corrected chi connectivity index (χ0v) is 19.1. The summed E-state index contributed by atoms with van der Waals surface area (Å²) in [5, 5.41) is 3.67. The molecule has 0 bridgehead atoms. The summed E-state index contributed by atoms with van der Waals surface area (Å²) in [7, 11) is 0. The van der Waals surface area contributed by atoms with Crippen LogP contribution in [-0.4, -0.2) is 12.1 Å². The fraction of sp³-hybridized carbons (Fsp3) is 0.385. The van der Waals surface area contributed by atoms with Crippen LogP contribution in [0.5, 0.6) is 11.5 Å². The molecule has 1 saturated carbocycles. The molecule has 1 N–H and O–H groups in total. The zero-order valence-electron chi connectivity index (χ0n) is 17.6. The standard InChI is InChI=1S/C26H28ClNO2S/c27-26-15-12-23(31-26)17-28-20-7-9-21(10-8-20)29-22-11-14-25-19(16-22)6-13-24(30-25)18-4-2-1-3-5-18/h1-5,11-12,14-16,20-21,24,28H,6-10,13,17H2/t20-,21-,24?. The number of nitrogens with one attached hydrogen (secondary N) is 1. The fourth-order valence-corrected chi connectivity index (χ4v) is 5.65.